The fraction of sp³-hybridized carbons (Fsp3) is 0.733. The highest BCUT2D eigenvalue weighted by atomic mass is 16.2. The second-order valence-electron chi connectivity index (χ2n) is 15.5. The first-order chi connectivity index (χ1) is 26.6. The van der Waals surface area contributed by atoms with Crippen LogP contribution in [0.5, 0.6) is 0 Å². The van der Waals surface area contributed by atoms with Gasteiger partial charge in [-0.15, -0.1) is 0 Å². The molecule has 2 atom stereocenters. The second kappa shape index (κ2) is 34.8. The van der Waals surface area contributed by atoms with E-state index in [9.17, 15) is 28.8 Å². The monoisotopic (exact) mass is 789 g/mol. The van der Waals surface area contributed by atoms with Crippen LogP contribution in [0.25, 0.3) is 0 Å². The molecule has 322 valence electrons. The molecule has 1 aromatic carbocycles. The molecule has 11 heteroatoms. The van der Waals surface area contributed by atoms with Crippen molar-refractivity contribution in [3.63, 3.8) is 0 Å². The van der Waals surface area contributed by atoms with Crippen molar-refractivity contribution in [3.05, 3.63) is 35.9 Å². The van der Waals surface area contributed by atoms with Crippen LogP contribution in [0.15, 0.2) is 30.3 Å². The Morgan fingerprint density at radius 2 is 1.29 bits per heavy atom. The van der Waals surface area contributed by atoms with E-state index >= 15 is 0 Å². The number of hydrogen-bond acceptors (Lipinski definition) is 8. The number of ketones is 3. The number of carbonyl (C=O) groups excluding carboxylic acids is 6. The van der Waals surface area contributed by atoms with Crippen molar-refractivity contribution >= 4 is 35.1 Å². The van der Waals surface area contributed by atoms with E-state index in [1.165, 1.54) is 37.7 Å². The van der Waals surface area contributed by atoms with Crippen molar-refractivity contribution in [2.75, 3.05) is 26.7 Å². The van der Waals surface area contributed by atoms with E-state index in [2.05, 4.69) is 67.6 Å². The van der Waals surface area contributed by atoms with Gasteiger partial charge in [0.1, 0.15) is 5.78 Å². The third-order valence-electron chi connectivity index (χ3n) is 9.58. The quantitative estimate of drug-likeness (QED) is 0.0841. The normalized spacial score (nSPS) is 13.5. The van der Waals surface area contributed by atoms with Crippen molar-refractivity contribution in [1.29, 1.82) is 0 Å². The molecule has 1 saturated carbocycles. The number of aryl methyl sites for hydroxylation is 1. The third-order valence-corrected chi connectivity index (χ3v) is 9.58. The molecule has 1 fully saturated rings. The van der Waals surface area contributed by atoms with Crippen LogP contribution in [0.1, 0.15) is 157 Å². The van der Waals surface area contributed by atoms with Gasteiger partial charge in [-0.3, -0.25) is 28.8 Å². The lowest BCUT2D eigenvalue weighted by atomic mass is 9.91. The Balaban J connectivity index is 0. The Kier molecular flexibility index (Phi) is 33.9. The molecule has 1 aromatic rings. The summed E-state index contributed by atoms with van der Waals surface area (Å²) in [6.07, 6.45) is 10.00. The van der Waals surface area contributed by atoms with Gasteiger partial charge in [-0.05, 0) is 78.8 Å². The molecule has 1 aliphatic rings. The van der Waals surface area contributed by atoms with Crippen molar-refractivity contribution in [2.45, 2.75) is 177 Å². The van der Waals surface area contributed by atoms with Crippen LogP contribution < -0.4 is 16.0 Å². The summed E-state index contributed by atoms with van der Waals surface area (Å²) in [5.41, 5.74) is 1.32. The molecule has 2 rings (SSSR count). The van der Waals surface area contributed by atoms with Crippen LogP contribution in [0.4, 0.5) is 0 Å². The van der Waals surface area contributed by atoms with Gasteiger partial charge in [0.15, 0.2) is 11.6 Å². The zero-order chi connectivity index (χ0) is 42.9. The molecular formula is C45H80N4O7. The number of carbonyl (C=O) groups is 6. The van der Waals surface area contributed by atoms with Gasteiger partial charge < -0.3 is 26.0 Å². The van der Waals surface area contributed by atoms with Gasteiger partial charge >= 0.3 is 0 Å². The zero-order valence-electron chi connectivity index (χ0n) is 36.8. The van der Waals surface area contributed by atoms with Gasteiger partial charge in [0.05, 0.1) is 12.1 Å². The molecule has 11 nitrogen and oxygen atoms in total. The minimum absolute atomic E-state index is 0.0125. The molecule has 0 aliphatic heterocycles. The molecular weight excluding hydrogens is 709 g/mol. The number of amides is 3. The predicted octanol–water partition coefficient (Wildman–Crippen LogP) is 7.30. The van der Waals surface area contributed by atoms with E-state index in [0.29, 0.717) is 25.4 Å². The minimum atomic E-state index is -0.780. The van der Waals surface area contributed by atoms with Gasteiger partial charge in [-0.1, -0.05) is 95.7 Å². The number of nitrogens with zero attached hydrogens (tertiary/aromatic N) is 1. The second-order valence-corrected chi connectivity index (χ2v) is 15.5. The summed E-state index contributed by atoms with van der Waals surface area (Å²) in [5.74, 6) is -0.220. The average molecular weight is 789 g/mol. The highest BCUT2D eigenvalue weighted by Crippen LogP contribution is 2.22. The summed E-state index contributed by atoms with van der Waals surface area (Å²) in [6.45, 7) is 20.4. The van der Waals surface area contributed by atoms with E-state index in [0.717, 1.165) is 39.0 Å². The first-order valence-corrected chi connectivity index (χ1v) is 21.2. The van der Waals surface area contributed by atoms with Crippen molar-refractivity contribution in [1.82, 2.24) is 20.9 Å². The maximum absolute atomic E-state index is 12.9. The first-order valence-electron chi connectivity index (χ1n) is 21.2. The van der Waals surface area contributed by atoms with E-state index in [1.54, 1.807) is 6.92 Å². The van der Waals surface area contributed by atoms with Crippen LogP contribution in [0.2, 0.25) is 0 Å². The summed E-state index contributed by atoms with van der Waals surface area (Å²) < 4.78 is 0. The Bertz CT molecular complexity index is 1220. The van der Waals surface area contributed by atoms with Crippen molar-refractivity contribution in [3.8, 4) is 0 Å². The third kappa shape index (κ3) is 30.7. The molecule has 0 aromatic heterocycles. The van der Waals surface area contributed by atoms with E-state index in [4.69, 9.17) is 5.11 Å². The fourth-order valence-electron chi connectivity index (χ4n) is 6.22. The van der Waals surface area contributed by atoms with E-state index in [1.807, 2.05) is 39.0 Å². The lowest BCUT2D eigenvalue weighted by molar-refractivity contribution is -0.131. The van der Waals surface area contributed by atoms with Crippen LogP contribution in [0.3, 0.4) is 0 Å². The average Bonchev–Trinajstić information content (AvgIpc) is 3.16. The Morgan fingerprint density at radius 3 is 1.77 bits per heavy atom. The number of aliphatic hydroxyl groups is 1. The summed E-state index contributed by atoms with van der Waals surface area (Å²) >= 11 is 0. The van der Waals surface area contributed by atoms with Crippen molar-refractivity contribution < 1.29 is 33.9 Å². The minimum Gasteiger partial charge on any atom is -0.400 e. The number of aliphatic hydroxyl groups excluding tert-OH is 1. The number of Topliss-reactive ketones (excluding diaryl/α,β-unsaturated/α-hetero) is 3. The SMILES string of the molecule is CC1CCCCC1.CCNC(=O)CCC(=O)C(CCCCN(CC)C(C)C)NC(=O)CCC(=O)[C@H](C)NC(=O)CCC(=O)CC(C)C.CO.Cc1ccccc1. The van der Waals surface area contributed by atoms with Gasteiger partial charge in [-0.2, -0.15) is 0 Å². The highest BCUT2D eigenvalue weighted by molar-refractivity contribution is 5.94. The van der Waals surface area contributed by atoms with Crippen LogP contribution in [-0.2, 0) is 28.8 Å². The first kappa shape index (κ1) is 54.7. The molecule has 0 bridgehead atoms. The smallest absolute Gasteiger partial charge is 0.221 e. The summed E-state index contributed by atoms with van der Waals surface area (Å²) in [4.78, 5) is 76.1. The van der Waals surface area contributed by atoms with Crippen LogP contribution in [-0.4, -0.2) is 89.9 Å². The maximum Gasteiger partial charge on any atom is 0.221 e. The standard InChI is InChI=1S/C30H54N4O6.C7H14.C7H8.CH4O/c1-8-31-28(38)17-15-27(37)25(12-10-11-19-34(9-2)22(5)6)33-30(40)18-14-26(36)23(7)32-29(39)16-13-24(35)20-21(3)4;2*1-7-5-3-2-4-6-7;1-2/h21-23,25H,8-20H2,1-7H3,(H,31,38)(H,32,39)(H,33,40);7H,2-6H2,1H3;2-6H,1H3;2H,1H3/t23-,25?;;;/m0.../s1. The van der Waals surface area contributed by atoms with E-state index in [-0.39, 0.29) is 73.6 Å². The molecule has 56 heavy (non-hydrogen) atoms. The molecule has 1 aliphatic carbocycles. The molecule has 0 heterocycles. The lowest BCUT2D eigenvalue weighted by Gasteiger charge is -2.25. The molecule has 1 unspecified atom stereocenters. The van der Waals surface area contributed by atoms with Crippen molar-refractivity contribution in [2.24, 2.45) is 11.8 Å². The van der Waals surface area contributed by atoms with Gasteiger partial charge in [0.25, 0.3) is 0 Å². The lowest BCUT2D eigenvalue weighted by Crippen LogP contribution is -2.42. The molecule has 0 radical (unpaired) electrons. The zero-order valence-corrected chi connectivity index (χ0v) is 36.8. The summed E-state index contributed by atoms with van der Waals surface area (Å²) in [5, 5.41) is 15.0. The van der Waals surface area contributed by atoms with Gasteiger partial charge in [0.2, 0.25) is 17.7 Å². The maximum atomic E-state index is 12.9. The molecule has 0 spiro atoms. The topological polar surface area (TPSA) is 162 Å². The number of nitrogens with one attached hydrogen (secondary N) is 3. The highest BCUT2D eigenvalue weighted by Gasteiger charge is 2.23. The predicted molar refractivity (Wildman–Crippen MR) is 228 cm³/mol. The van der Waals surface area contributed by atoms with Gasteiger partial charge in [-0.25, -0.2) is 0 Å². The Morgan fingerprint density at radius 1 is 0.732 bits per heavy atom. The Hall–Kier alpha value is -3.44. The summed E-state index contributed by atoms with van der Waals surface area (Å²) in [6, 6.07) is 9.19. The van der Waals surface area contributed by atoms with Crippen LogP contribution in [0, 0.1) is 18.8 Å². The molecule has 0 saturated heterocycles. The fourth-order valence-corrected chi connectivity index (χ4v) is 6.22. The van der Waals surface area contributed by atoms with Crippen LogP contribution >= 0.6 is 0 Å². The largest absolute Gasteiger partial charge is 0.400 e. The Labute approximate surface area is 340 Å². The number of benzene rings is 1. The number of unbranched alkanes of at least 4 members (excludes halogenated alkanes) is 1. The van der Waals surface area contributed by atoms with E-state index < -0.39 is 18.0 Å². The number of rotatable bonds is 23. The summed E-state index contributed by atoms with van der Waals surface area (Å²) in [7, 11) is 1.00. The molecule has 3 amide bonds. The van der Waals surface area contributed by atoms with Gasteiger partial charge in [0, 0.05) is 64.6 Å². The molecule has 4 N–H and O–H groups in total. The number of hydrogen-bond donors (Lipinski definition) is 4.